The van der Waals surface area contributed by atoms with Crippen LogP contribution in [0.3, 0.4) is 0 Å². The fraction of sp³-hybridized carbons (Fsp3) is 0.900. The van der Waals surface area contributed by atoms with Crippen molar-refractivity contribution in [3.63, 3.8) is 0 Å². The van der Waals surface area contributed by atoms with E-state index < -0.39 is 5.97 Å². The van der Waals surface area contributed by atoms with Crippen molar-refractivity contribution in [3.05, 3.63) is 0 Å². The smallest absolute Gasteiger partial charge is 0.304 e. The molecule has 78 valence electrons. The Morgan fingerprint density at radius 2 is 1.77 bits per heavy atom. The van der Waals surface area contributed by atoms with Crippen LogP contribution < -0.4 is 0 Å². The van der Waals surface area contributed by atoms with Crippen LogP contribution in [-0.2, 0) is 4.79 Å². The Labute approximate surface area is 80.7 Å². The van der Waals surface area contributed by atoms with Gasteiger partial charge in [0.15, 0.2) is 0 Å². The zero-order valence-corrected chi connectivity index (χ0v) is 9.24. The summed E-state index contributed by atoms with van der Waals surface area (Å²) >= 11 is 0. The molecule has 2 atom stereocenters. The van der Waals surface area contributed by atoms with Crippen molar-refractivity contribution in [1.82, 2.24) is 4.90 Å². The lowest BCUT2D eigenvalue weighted by Crippen LogP contribution is -2.40. The zero-order valence-electron chi connectivity index (χ0n) is 9.24. The Morgan fingerprint density at radius 3 is 2.08 bits per heavy atom. The Kier molecular flexibility index (Phi) is 4.99. The maximum absolute atomic E-state index is 10.5. The predicted octanol–water partition coefficient (Wildman–Crippen LogP) is 1.83. The first kappa shape index (κ1) is 12.4. The third-order valence-electron chi connectivity index (χ3n) is 2.77. The number of hydrogen-bond acceptors (Lipinski definition) is 2. The zero-order chi connectivity index (χ0) is 10.6. The van der Waals surface area contributed by atoms with Gasteiger partial charge in [0.1, 0.15) is 0 Å². The molecule has 0 aliphatic carbocycles. The van der Waals surface area contributed by atoms with Crippen LogP contribution in [0.5, 0.6) is 0 Å². The van der Waals surface area contributed by atoms with Crippen molar-refractivity contribution in [2.75, 3.05) is 7.05 Å². The van der Waals surface area contributed by atoms with Gasteiger partial charge in [-0.25, -0.2) is 0 Å². The molecule has 0 heterocycles. The number of hydrogen-bond donors (Lipinski definition) is 1. The molecule has 0 aromatic heterocycles. The fourth-order valence-electron chi connectivity index (χ4n) is 1.27. The quantitative estimate of drug-likeness (QED) is 0.713. The van der Waals surface area contributed by atoms with Crippen LogP contribution in [-0.4, -0.2) is 35.1 Å². The third kappa shape index (κ3) is 4.27. The van der Waals surface area contributed by atoms with E-state index in [1.807, 2.05) is 14.0 Å². The third-order valence-corrected chi connectivity index (χ3v) is 2.77. The molecule has 0 aromatic carbocycles. The minimum Gasteiger partial charge on any atom is -0.481 e. The molecule has 2 unspecified atom stereocenters. The normalized spacial score (nSPS) is 16.2. The van der Waals surface area contributed by atoms with Gasteiger partial charge in [-0.1, -0.05) is 13.8 Å². The van der Waals surface area contributed by atoms with Gasteiger partial charge in [-0.05, 0) is 26.8 Å². The van der Waals surface area contributed by atoms with Crippen LogP contribution in [0, 0.1) is 5.92 Å². The summed E-state index contributed by atoms with van der Waals surface area (Å²) in [6.07, 6.45) is 0.216. The van der Waals surface area contributed by atoms with Gasteiger partial charge in [-0.2, -0.15) is 0 Å². The standard InChI is InChI=1S/C10H21NO2/c1-7(2)9(4)11(5)8(3)6-10(12)13/h7-9H,6H2,1-5H3,(H,12,13). The van der Waals surface area contributed by atoms with E-state index >= 15 is 0 Å². The van der Waals surface area contributed by atoms with Crippen LogP contribution in [0.25, 0.3) is 0 Å². The second kappa shape index (κ2) is 5.22. The summed E-state index contributed by atoms with van der Waals surface area (Å²) in [6.45, 7) is 8.37. The van der Waals surface area contributed by atoms with E-state index in [9.17, 15) is 4.79 Å². The topological polar surface area (TPSA) is 40.5 Å². The first-order chi connectivity index (χ1) is 5.86. The first-order valence-corrected chi connectivity index (χ1v) is 4.80. The number of aliphatic carboxylic acids is 1. The monoisotopic (exact) mass is 187 g/mol. The van der Waals surface area contributed by atoms with E-state index in [4.69, 9.17) is 5.11 Å². The second-order valence-electron chi connectivity index (χ2n) is 4.10. The van der Waals surface area contributed by atoms with Crippen LogP contribution in [0.1, 0.15) is 34.1 Å². The Bertz CT molecular complexity index is 168. The summed E-state index contributed by atoms with van der Waals surface area (Å²) in [4.78, 5) is 12.6. The highest BCUT2D eigenvalue weighted by atomic mass is 16.4. The van der Waals surface area contributed by atoms with Crippen LogP contribution >= 0.6 is 0 Å². The highest BCUT2D eigenvalue weighted by Crippen LogP contribution is 2.12. The molecule has 0 bridgehead atoms. The summed E-state index contributed by atoms with van der Waals surface area (Å²) in [6, 6.07) is 0.532. The van der Waals surface area contributed by atoms with Gasteiger partial charge in [0.05, 0.1) is 6.42 Å². The highest BCUT2D eigenvalue weighted by Gasteiger charge is 2.19. The Morgan fingerprint density at radius 1 is 1.31 bits per heavy atom. The minimum atomic E-state index is -0.727. The molecule has 0 spiro atoms. The SMILES string of the molecule is CC(C)C(C)N(C)C(C)CC(=O)O. The van der Waals surface area contributed by atoms with E-state index in [1.54, 1.807) is 0 Å². The van der Waals surface area contributed by atoms with Crippen molar-refractivity contribution < 1.29 is 9.90 Å². The molecule has 0 aliphatic heterocycles. The number of carboxylic acid groups (broad SMARTS) is 1. The molecule has 3 heteroatoms. The lowest BCUT2D eigenvalue weighted by Gasteiger charge is -2.32. The van der Waals surface area contributed by atoms with Crippen molar-refractivity contribution in [3.8, 4) is 0 Å². The molecule has 1 N–H and O–H groups in total. The Balaban J connectivity index is 4.08. The number of carboxylic acids is 1. The molecule has 0 fully saturated rings. The number of nitrogens with zero attached hydrogens (tertiary/aromatic N) is 1. The van der Waals surface area contributed by atoms with Gasteiger partial charge in [-0.3, -0.25) is 4.79 Å². The van der Waals surface area contributed by atoms with Gasteiger partial charge in [0.2, 0.25) is 0 Å². The first-order valence-electron chi connectivity index (χ1n) is 4.80. The minimum absolute atomic E-state index is 0.106. The molecule has 0 rings (SSSR count). The lowest BCUT2D eigenvalue weighted by molar-refractivity contribution is -0.138. The lowest BCUT2D eigenvalue weighted by atomic mass is 10.0. The highest BCUT2D eigenvalue weighted by molar-refractivity contribution is 5.67. The summed E-state index contributed by atoms with van der Waals surface area (Å²) in [7, 11) is 1.98. The predicted molar refractivity (Wildman–Crippen MR) is 53.8 cm³/mol. The van der Waals surface area contributed by atoms with E-state index in [-0.39, 0.29) is 12.5 Å². The van der Waals surface area contributed by atoms with Gasteiger partial charge >= 0.3 is 5.97 Å². The van der Waals surface area contributed by atoms with Crippen LogP contribution in [0.4, 0.5) is 0 Å². The van der Waals surface area contributed by atoms with Gasteiger partial charge in [0.25, 0.3) is 0 Å². The summed E-state index contributed by atoms with van der Waals surface area (Å²) in [5.74, 6) is -0.170. The van der Waals surface area contributed by atoms with Crippen LogP contribution in [0.15, 0.2) is 0 Å². The molecule has 0 aliphatic rings. The van der Waals surface area contributed by atoms with Gasteiger partial charge in [0, 0.05) is 12.1 Å². The van der Waals surface area contributed by atoms with Crippen molar-refractivity contribution in [2.45, 2.75) is 46.2 Å². The molecule has 0 radical (unpaired) electrons. The largest absolute Gasteiger partial charge is 0.481 e. The molecular formula is C10H21NO2. The van der Waals surface area contributed by atoms with Crippen LogP contribution in [0.2, 0.25) is 0 Å². The molecule has 0 amide bonds. The number of carbonyl (C=O) groups is 1. The molecule has 0 saturated heterocycles. The Hall–Kier alpha value is -0.570. The van der Waals surface area contributed by atoms with E-state index in [2.05, 4.69) is 25.7 Å². The molecular weight excluding hydrogens is 166 g/mol. The van der Waals surface area contributed by atoms with Crippen molar-refractivity contribution >= 4 is 5.97 Å². The van der Waals surface area contributed by atoms with Gasteiger partial charge in [-0.15, -0.1) is 0 Å². The maximum Gasteiger partial charge on any atom is 0.304 e. The molecule has 0 saturated carbocycles. The fourth-order valence-corrected chi connectivity index (χ4v) is 1.27. The number of rotatable bonds is 5. The van der Waals surface area contributed by atoms with E-state index in [0.717, 1.165) is 0 Å². The van der Waals surface area contributed by atoms with Crippen molar-refractivity contribution in [1.29, 1.82) is 0 Å². The molecule has 3 nitrogen and oxygen atoms in total. The summed E-state index contributed by atoms with van der Waals surface area (Å²) in [5.41, 5.74) is 0. The average molecular weight is 187 g/mol. The maximum atomic E-state index is 10.5. The molecule has 13 heavy (non-hydrogen) atoms. The summed E-state index contributed by atoms with van der Waals surface area (Å²) < 4.78 is 0. The average Bonchev–Trinajstić information content (AvgIpc) is 2.00. The van der Waals surface area contributed by atoms with E-state index in [0.29, 0.717) is 12.0 Å². The van der Waals surface area contributed by atoms with Crippen molar-refractivity contribution in [2.24, 2.45) is 5.92 Å². The summed E-state index contributed by atoms with van der Waals surface area (Å²) in [5, 5.41) is 8.63. The van der Waals surface area contributed by atoms with E-state index in [1.165, 1.54) is 0 Å². The van der Waals surface area contributed by atoms with Gasteiger partial charge < -0.3 is 10.0 Å². The second-order valence-corrected chi connectivity index (χ2v) is 4.10. The molecule has 0 aromatic rings.